The molecule has 0 saturated heterocycles. The summed E-state index contributed by atoms with van der Waals surface area (Å²) in [5, 5.41) is 8.42. The Labute approximate surface area is 76.0 Å². The van der Waals surface area contributed by atoms with Gasteiger partial charge in [0.2, 0.25) is 0 Å². The first-order valence-corrected chi connectivity index (χ1v) is 3.98. The van der Waals surface area contributed by atoms with Crippen LogP contribution >= 0.6 is 0 Å². The minimum absolute atomic E-state index is 0.125. The maximum absolute atomic E-state index is 10.3. The lowest BCUT2D eigenvalue weighted by Crippen LogP contribution is -1.97. The number of benzene rings is 1. The van der Waals surface area contributed by atoms with Crippen LogP contribution in [0.25, 0.3) is 0 Å². The minimum Gasteiger partial charge on any atom is -0.481 e. The van der Waals surface area contributed by atoms with Gasteiger partial charge in [0.1, 0.15) is 6.29 Å². The van der Waals surface area contributed by atoms with Gasteiger partial charge in [-0.1, -0.05) is 24.3 Å². The summed E-state index contributed by atoms with van der Waals surface area (Å²) in [6.45, 7) is 0. The van der Waals surface area contributed by atoms with Crippen molar-refractivity contribution in [3.8, 4) is 0 Å². The second-order valence-electron chi connectivity index (χ2n) is 2.75. The Morgan fingerprint density at radius 2 is 1.92 bits per heavy atom. The van der Waals surface area contributed by atoms with E-state index in [4.69, 9.17) is 5.11 Å². The van der Waals surface area contributed by atoms with Gasteiger partial charge in [0, 0.05) is 12.0 Å². The number of hydrogen-bond donors (Lipinski definition) is 1. The van der Waals surface area contributed by atoms with Crippen LogP contribution in [0.5, 0.6) is 0 Å². The molecule has 0 aliphatic rings. The van der Waals surface area contributed by atoms with E-state index in [9.17, 15) is 9.59 Å². The first kappa shape index (κ1) is 9.45. The zero-order chi connectivity index (χ0) is 9.68. The van der Waals surface area contributed by atoms with Crippen LogP contribution in [0.15, 0.2) is 24.3 Å². The number of carboxylic acids is 1. The molecule has 0 aliphatic carbocycles. The summed E-state index contributed by atoms with van der Waals surface area (Å²) in [4.78, 5) is 20.5. The smallest absolute Gasteiger partial charge is 0.303 e. The first-order valence-electron chi connectivity index (χ1n) is 3.98. The maximum atomic E-state index is 10.3. The lowest BCUT2D eigenvalue weighted by Gasteiger charge is -1.97. The Hall–Kier alpha value is -1.64. The van der Waals surface area contributed by atoms with Crippen molar-refractivity contribution in [3.05, 3.63) is 35.4 Å². The molecule has 1 N–H and O–H groups in total. The van der Waals surface area contributed by atoms with Crippen LogP contribution in [0, 0.1) is 0 Å². The van der Waals surface area contributed by atoms with Gasteiger partial charge in [-0.2, -0.15) is 0 Å². The van der Waals surface area contributed by atoms with E-state index in [0.717, 1.165) is 11.8 Å². The Bertz CT molecular complexity index is 300. The lowest BCUT2D eigenvalue weighted by atomic mass is 10.1. The predicted octanol–water partition coefficient (Wildman–Crippen LogP) is 1.52. The molecule has 0 radical (unpaired) electrons. The van der Waals surface area contributed by atoms with Crippen molar-refractivity contribution in [3.63, 3.8) is 0 Å². The van der Waals surface area contributed by atoms with E-state index in [1.54, 1.807) is 24.3 Å². The summed E-state index contributed by atoms with van der Waals surface area (Å²) >= 11 is 0. The van der Waals surface area contributed by atoms with Crippen molar-refractivity contribution in [2.75, 3.05) is 0 Å². The van der Waals surface area contributed by atoms with Gasteiger partial charge in [0.15, 0.2) is 0 Å². The average molecular weight is 178 g/mol. The standard InChI is InChI=1S/C10H10O3/c11-7-9-3-1-8(2-4-9)5-6-10(12)13/h1-4,7H,5-6H2,(H,12,13). The van der Waals surface area contributed by atoms with Gasteiger partial charge in [-0.05, 0) is 12.0 Å². The summed E-state index contributed by atoms with van der Waals surface area (Å²) in [6, 6.07) is 6.91. The molecule has 0 spiro atoms. The van der Waals surface area contributed by atoms with Crippen LogP contribution in [0.2, 0.25) is 0 Å². The molecule has 0 fully saturated rings. The summed E-state index contributed by atoms with van der Waals surface area (Å²) in [5.74, 6) is -0.806. The molecule has 1 aromatic carbocycles. The van der Waals surface area contributed by atoms with Crippen molar-refractivity contribution >= 4 is 12.3 Å². The number of carbonyl (C=O) groups excluding carboxylic acids is 1. The van der Waals surface area contributed by atoms with E-state index in [1.165, 1.54) is 0 Å². The SMILES string of the molecule is O=Cc1ccc(CCC(=O)O)cc1. The second-order valence-corrected chi connectivity index (χ2v) is 2.75. The van der Waals surface area contributed by atoms with Crippen molar-refractivity contribution in [1.29, 1.82) is 0 Å². The fourth-order valence-corrected chi connectivity index (χ4v) is 1.01. The fraction of sp³-hybridized carbons (Fsp3) is 0.200. The number of rotatable bonds is 4. The highest BCUT2D eigenvalue weighted by Gasteiger charge is 1.98. The molecule has 0 saturated carbocycles. The molecule has 0 atom stereocenters. The molecular weight excluding hydrogens is 168 g/mol. The van der Waals surface area contributed by atoms with E-state index in [1.807, 2.05) is 0 Å². The summed E-state index contributed by atoms with van der Waals surface area (Å²) in [6.07, 6.45) is 1.40. The number of carboxylic acid groups (broad SMARTS) is 1. The summed E-state index contributed by atoms with van der Waals surface area (Å²) in [7, 11) is 0. The van der Waals surface area contributed by atoms with Crippen LogP contribution < -0.4 is 0 Å². The molecule has 68 valence electrons. The van der Waals surface area contributed by atoms with Crippen molar-refractivity contribution in [2.45, 2.75) is 12.8 Å². The van der Waals surface area contributed by atoms with Gasteiger partial charge in [-0.3, -0.25) is 9.59 Å². The number of hydrogen-bond acceptors (Lipinski definition) is 2. The molecule has 0 aromatic heterocycles. The fourth-order valence-electron chi connectivity index (χ4n) is 1.01. The molecule has 3 heteroatoms. The summed E-state index contributed by atoms with van der Waals surface area (Å²) < 4.78 is 0. The number of aryl methyl sites for hydroxylation is 1. The molecule has 0 aliphatic heterocycles. The third-order valence-corrected chi connectivity index (χ3v) is 1.74. The third kappa shape index (κ3) is 3.07. The van der Waals surface area contributed by atoms with Crippen LogP contribution in [-0.4, -0.2) is 17.4 Å². The van der Waals surface area contributed by atoms with Gasteiger partial charge < -0.3 is 5.11 Å². The van der Waals surface area contributed by atoms with E-state index < -0.39 is 5.97 Å². The number of carbonyl (C=O) groups is 2. The molecule has 0 unspecified atom stereocenters. The Morgan fingerprint density at radius 3 is 2.38 bits per heavy atom. The predicted molar refractivity (Wildman–Crippen MR) is 47.8 cm³/mol. The maximum Gasteiger partial charge on any atom is 0.303 e. The monoisotopic (exact) mass is 178 g/mol. The topological polar surface area (TPSA) is 54.4 Å². The van der Waals surface area contributed by atoms with E-state index >= 15 is 0 Å². The van der Waals surface area contributed by atoms with Gasteiger partial charge in [-0.25, -0.2) is 0 Å². The van der Waals surface area contributed by atoms with E-state index in [2.05, 4.69) is 0 Å². The van der Waals surface area contributed by atoms with Crippen LogP contribution in [0.3, 0.4) is 0 Å². The van der Waals surface area contributed by atoms with Crippen molar-refractivity contribution < 1.29 is 14.7 Å². The molecule has 13 heavy (non-hydrogen) atoms. The minimum atomic E-state index is -0.806. The van der Waals surface area contributed by atoms with Gasteiger partial charge in [-0.15, -0.1) is 0 Å². The van der Waals surface area contributed by atoms with Gasteiger partial charge >= 0.3 is 5.97 Å². The highest BCUT2D eigenvalue weighted by molar-refractivity contribution is 5.74. The second kappa shape index (κ2) is 4.40. The Balaban J connectivity index is 2.59. The van der Waals surface area contributed by atoms with E-state index in [0.29, 0.717) is 12.0 Å². The molecule has 1 rings (SSSR count). The first-order chi connectivity index (χ1) is 6.22. The number of aldehydes is 1. The molecule has 0 amide bonds. The Morgan fingerprint density at radius 1 is 1.31 bits per heavy atom. The van der Waals surface area contributed by atoms with Crippen LogP contribution in [0.4, 0.5) is 0 Å². The molecule has 3 nitrogen and oxygen atoms in total. The largest absolute Gasteiger partial charge is 0.481 e. The zero-order valence-electron chi connectivity index (χ0n) is 7.06. The van der Waals surface area contributed by atoms with Crippen molar-refractivity contribution in [1.82, 2.24) is 0 Å². The van der Waals surface area contributed by atoms with E-state index in [-0.39, 0.29) is 6.42 Å². The molecule has 1 aromatic rings. The quantitative estimate of drug-likeness (QED) is 0.711. The molecular formula is C10H10O3. The zero-order valence-corrected chi connectivity index (χ0v) is 7.06. The molecule has 0 heterocycles. The number of aliphatic carboxylic acids is 1. The van der Waals surface area contributed by atoms with Crippen LogP contribution in [-0.2, 0) is 11.2 Å². The van der Waals surface area contributed by atoms with Gasteiger partial charge in [0.25, 0.3) is 0 Å². The average Bonchev–Trinajstić information content (AvgIpc) is 2.15. The molecule has 0 bridgehead atoms. The lowest BCUT2D eigenvalue weighted by molar-refractivity contribution is -0.136. The highest BCUT2D eigenvalue weighted by atomic mass is 16.4. The Kier molecular flexibility index (Phi) is 3.20. The highest BCUT2D eigenvalue weighted by Crippen LogP contribution is 2.04. The van der Waals surface area contributed by atoms with Gasteiger partial charge in [0.05, 0.1) is 0 Å². The third-order valence-electron chi connectivity index (χ3n) is 1.74. The van der Waals surface area contributed by atoms with Crippen LogP contribution in [0.1, 0.15) is 22.3 Å². The normalized spacial score (nSPS) is 9.54. The summed E-state index contributed by atoms with van der Waals surface area (Å²) in [5.41, 5.74) is 1.55. The van der Waals surface area contributed by atoms with Crippen molar-refractivity contribution in [2.24, 2.45) is 0 Å².